The number of aromatic nitrogens is 2. The maximum Gasteiger partial charge on any atom is 0.271 e. The highest BCUT2D eigenvalue weighted by Crippen LogP contribution is 2.18. The van der Waals surface area contributed by atoms with E-state index in [1.807, 2.05) is 30.3 Å². The predicted octanol–water partition coefficient (Wildman–Crippen LogP) is 3.72. The molecule has 0 aliphatic rings. The van der Waals surface area contributed by atoms with Gasteiger partial charge in [0.2, 0.25) is 0 Å². The second kappa shape index (κ2) is 8.79. The van der Waals surface area contributed by atoms with E-state index in [4.69, 9.17) is 16.9 Å². The van der Waals surface area contributed by atoms with E-state index in [1.165, 1.54) is 12.4 Å². The second-order valence-electron chi connectivity index (χ2n) is 5.71. The van der Waals surface area contributed by atoms with Crippen LogP contribution in [-0.4, -0.2) is 22.4 Å². The minimum absolute atomic E-state index is 0.222. The Morgan fingerprint density at radius 3 is 2.70 bits per heavy atom. The smallest absolute Gasteiger partial charge is 0.271 e. The van der Waals surface area contributed by atoms with Crippen molar-refractivity contribution in [2.24, 2.45) is 0 Å². The van der Waals surface area contributed by atoms with Crippen LogP contribution in [0.25, 0.3) is 0 Å². The highest BCUT2D eigenvalue weighted by Gasteiger charge is 2.08. The van der Waals surface area contributed by atoms with E-state index in [0.29, 0.717) is 35.1 Å². The van der Waals surface area contributed by atoms with Crippen molar-refractivity contribution in [3.8, 4) is 6.07 Å². The van der Waals surface area contributed by atoms with Crippen molar-refractivity contribution in [2.45, 2.75) is 6.42 Å². The first-order valence-corrected chi connectivity index (χ1v) is 8.64. The third-order valence-electron chi connectivity index (χ3n) is 3.78. The van der Waals surface area contributed by atoms with Gasteiger partial charge in [-0.05, 0) is 36.2 Å². The Morgan fingerprint density at radius 2 is 1.96 bits per heavy atom. The summed E-state index contributed by atoms with van der Waals surface area (Å²) in [7, 11) is 0. The first-order valence-electron chi connectivity index (χ1n) is 8.26. The third-order valence-corrected chi connectivity index (χ3v) is 4.02. The van der Waals surface area contributed by atoms with Crippen molar-refractivity contribution in [1.82, 2.24) is 15.3 Å². The van der Waals surface area contributed by atoms with E-state index in [-0.39, 0.29) is 11.6 Å². The van der Waals surface area contributed by atoms with Gasteiger partial charge in [0.15, 0.2) is 0 Å². The van der Waals surface area contributed by atoms with Crippen LogP contribution in [0.3, 0.4) is 0 Å². The maximum absolute atomic E-state index is 12.2. The van der Waals surface area contributed by atoms with Crippen LogP contribution in [0.1, 0.15) is 21.6 Å². The average molecular weight is 378 g/mol. The van der Waals surface area contributed by atoms with Crippen LogP contribution in [0.2, 0.25) is 5.02 Å². The molecule has 2 N–H and O–H groups in total. The fourth-order valence-electron chi connectivity index (χ4n) is 2.44. The van der Waals surface area contributed by atoms with Crippen molar-refractivity contribution >= 4 is 29.0 Å². The summed E-state index contributed by atoms with van der Waals surface area (Å²) in [5.74, 6) is 0.154. The summed E-state index contributed by atoms with van der Waals surface area (Å²) >= 11 is 5.94. The Balaban J connectivity index is 1.56. The number of carbonyl (C=O) groups excluding carboxylic acids is 1. The Kier molecular flexibility index (Phi) is 5.98. The van der Waals surface area contributed by atoms with Crippen molar-refractivity contribution in [3.05, 3.63) is 82.8 Å². The van der Waals surface area contributed by atoms with E-state index in [1.54, 1.807) is 18.2 Å². The molecule has 2 aromatic carbocycles. The lowest BCUT2D eigenvalue weighted by molar-refractivity contribution is 0.0949. The lowest BCUT2D eigenvalue weighted by atomic mass is 10.1. The number of hydrogen-bond acceptors (Lipinski definition) is 5. The molecule has 0 saturated heterocycles. The van der Waals surface area contributed by atoms with E-state index in [2.05, 4.69) is 26.7 Å². The molecule has 0 aliphatic carbocycles. The van der Waals surface area contributed by atoms with Gasteiger partial charge < -0.3 is 10.6 Å². The molecule has 3 rings (SSSR count). The number of benzene rings is 2. The highest BCUT2D eigenvalue weighted by atomic mass is 35.5. The van der Waals surface area contributed by atoms with Gasteiger partial charge in [0.25, 0.3) is 5.91 Å². The van der Waals surface area contributed by atoms with Gasteiger partial charge in [-0.15, -0.1) is 0 Å². The van der Waals surface area contributed by atoms with Crippen LogP contribution < -0.4 is 10.6 Å². The van der Waals surface area contributed by atoms with Gasteiger partial charge >= 0.3 is 0 Å². The molecule has 0 aliphatic heterocycles. The maximum atomic E-state index is 12.2. The minimum Gasteiger partial charge on any atom is -0.350 e. The van der Waals surface area contributed by atoms with Crippen molar-refractivity contribution in [2.75, 3.05) is 11.9 Å². The van der Waals surface area contributed by atoms with E-state index >= 15 is 0 Å². The molecule has 0 bridgehead atoms. The lowest BCUT2D eigenvalue weighted by Gasteiger charge is -2.08. The van der Waals surface area contributed by atoms with Gasteiger partial charge in [0.05, 0.1) is 23.6 Å². The van der Waals surface area contributed by atoms with Crippen LogP contribution in [0.15, 0.2) is 60.9 Å². The van der Waals surface area contributed by atoms with Crippen LogP contribution >= 0.6 is 11.6 Å². The topological polar surface area (TPSA) is 90.7 Å². The summed E-state index contributed by atoms with van der Waals surface area (Å²) in [6.07, 6.45) is 3.52. The fourth-order valence-corrected chi connectivity index (χ4v) is 2.65. The molecule has 0 fully saturated rings. The van der Waals surface area contributed by atoms with Gasteiger partial charge in [-0.2, -0.15) is 5.26 Å². The summed E-state index contributed by atoms with van der Waals surface area (Å²) in [6.45, 7) is 0.469. The molecular formula is C20H16ClN5O. The molecular weight excluding hydrogens is 362 g/mol. The normalized spacial score (nSPS) is 10.1. The van der Waals surface area contributed by atoms with E-state index in [0.717, 1.165) is 5.56 Å². The summed E-state index contributed by atoms with van der Waals surface area (Å²) in [5, 5.41) is 15.6. The molecule has 0 radical (unpaired) electrons. The molecule has 27 heavy (non-hydrogen) atoms. The fraction of sp³-hybridized carbons (Fsp3) is 0.100. The van der Waals surface area contributed by atoms with Gasteiger partial charge in [-0.1, -0.05) is 35.9 Å². The Morgan fingerprint density at radius 1 is 1.11 bits per heavy atom. The first kappa shape index (κ1) is 18.4. The lowest BCUT2D eigenvalue weighted by Crippen LogP contribution is -2.26. The number of nitrogens with one attached hydrogen (secondary N) is 2. The molecule has 0 unspecified atom stereocenters. The van der Waals surface area contributed by atoms with Crippen molar-refractivity contribution < 1.29 is 4.79 Å². The zero-order valence-electron chi connectivity index (χ0n) is 14.3. The first-order chi connectivity index (χ1) is 13.2. The molecule has 1 heterocycles. The largest absolute Gasteiger partial charge is 0.350 e. The zero-order valence-corrected chi connectivity index (χ0v) is 15.1. The number of halogens is 1. The van der Waals surface area contributed by atoms with Crippen LogP contribution in [0, 0.1) is 11.3 Å². The number of carbonyl (C=O) groups is 1. The highest BCUT2D eigenvalue weighted by molar-refractivity contribution is 6.30. The van der Waals surface area contributed by atoms with Crippen molar-refractivity contribution in [1.29, 1.82) is 5.26 Å². The van der Waals surface area contributed by atoms with Gasteiger partial charge in [0.1, 0.15) is 17.6 Å². The van der Waals surface area contributed by atoms with Gasteiger partial charge in [-0.25, -0.2) is 9.97 Å². The molecule has 3 aromatic rings. The number of para-hydroxylation sites is 1. The molecule has 6 nitrogen and oxygen atoms in total. The SMILES string of the molecule is N#Cc1ccccc1Nc1cnc(C(=O)NCCc2cccc(Cl)c2)cn1. The number of nitrogens with zero attached hydrogens (tertiary/aromatic N) is 3. The molecule has 1 aromatic heterocycles. The number of hydrogen-bond donors (Lipinski definition) is 2. The summed E-state index contributed by atoms with van der Waals surface area (Å²) in [6, 6.07) is 16.7. The quantitative estimate of drug-likeness (QED) is 0.683. The van der Waals surface area contributed by atoms with Gasteiger partial charge in [0, 0.05) is 11.6 Å². The van der Waals surface area contributed by atoms with E-state index in [9.17, 15) is 4.79 Å². The molecule has 0 spiro atoms. The van der Waals surface area contributed by atoms with Crippen LogP contribution in [0.4, 0.5) is 11.5 Å². The molecule has 0 atom stereocenters. The Hall–Kier alpha value is -3.43. The molecule has 7 heteroatoms. The summed E-state index contributed by atoms with van der Waals surface area (Å²) in [5.41, 5.74) is 2.40. The van der Waals surface area contributed by atoms with Crippen molar-refractivity contribution in [3.63, 3.8) is 0 Å². The van der Waals surface area contributed by atoms with E-state index < -0.39 is 0 Å². The molecule has 1 amide bonds. The number of rotatable bonds is 6. The van der Waals surface area contributed by atoms with Crippen LogP contribution in [0.5, 0.6) is 0 Å². The standard InChI is InChI=1S/C20H16ClN5O/c21-16-6-3-4-14(10-16)8-9-23-20(27)18-12-25-19(13-24-18)26-17-7-2-1-5-15(17)11-22/h1-7,10,12-13H,8-9H2,(H,23,27)(H,25,26). The third kappa shape index (κ3) is 5.03. The predicted molar refractivity (Wildman–Crippen MR) is 104 cm³/mol. The number of nitriles is 1. The minimum atomic E-state index is -0.298. The number of anilines is 2. The summed E-state index contributed by atoms with van der Waals surface area (Å²) in [4.78, 5) is 20.5. The Bertz CT molecular complexity index is 982. The number of amides is 1. The van der Waals surface area contributed by atoms with Gasteiger partial charge in [-0.3, -0.25) is 4.79 Å². The monoisotopic (exact) mass is 377 g/mol. The van der Waals surface area contributed by atoms with Crippen LogP contribution in [-0.2, 0) is 6.42 Å². The molecule has 0 saturated carbocycles. The Labute approximate surface area is 161 Å². The summed E-state index contributed by atoms with van der Waals surface area (Å²) < 4.78 is 0. The zero-order chi connectivity index (χ0) is 19.1. The second-order valence-corrected chi connectivity index (χ2v) is 6.14. The molecule has 134 valence electrons. The average Bonchev–Trinajstić information content (AvgIpc) is 2.69.